The summed E-state index contributed by atoms with van der Waals surface area (Å²) in [6, 6.07) is 0. The zero-order chi connectivity index (χ0) is 10.2. The summed E-state index contributed by atoms with van der Waals surface area (Å²) in [6.07, 6.45) is 7.16. The molecule has 0 saturated heterocycles. The Balaban J connectivity index is 1.92. The number of hydrogen-bond donors (Lipinski definition) is 0. The fourth-order valence-electron chi connectivity index (χ4n) is 2.39. The maximum Gasteiger partial charge on any atom is 0.167 e. The van der Waals surface area contributed by atoms with Crippen LogP contribution in [0.5, 0.6) is 0 Å². The molecule has 0 radical (unpaired) electrons. The quantitative estimate of drug-likeness (QED) is 0.691. The minimum atomic E-state index is -0.344. The van der Waals surface area contributed by atoms with E-state index in [0.29, 0.717) is 11.9 Å². The molecule has 0 unspecified atom stereocenters. The Kier molecular flexibility index (Phi) is 2.65. The second-order valence-corrected chi connectivity index (χ2v) is 5.04. The maximum atomic E-state index is 11.9. The zero-order valence-electron chi connectivity index (χ0n) is 9.21. The molecule has 2 aliphatic carbocycles. The molecule has 2 nitrogen and oxygen atoms in total. The first kappa shape index (κ1) is 10.2. The zero-order valence-corrected chi connectivity index (χ0v) is 9.21. The van der Waals surface area contributed by atoms with E-state index in [4.69, 9.17) is 4.74 Å². The summed E-state index contributed by atoms with van der Waals surface area (Å²) in [4.78, 5) is 11.9. The number of Topliss-reactive ketones (excluding diaryl/α,β-unsaturated/α-hetero) is 1. The van der Waals surface area contributed by atoms with E-state index in [-0.39, 0.29) is 11.5 Å². The number of ketones is 1. The van der Waals surface area contributed by atoms with Gasteiger partial charge in [0, 0.05) is 5.92 Å². The van der Waals surface area contributed by atoms with Gasteiger partial charge in [-0.1, -0.05) is 26.7 Å². The van der Waals surface area contributed by atoms with E-state index in [9.17, 15) is 4.79 Å². The molecule has 0 bridgehead atoms. The summed E-state index contributed by atoms with van der Waals surface area (Å²) in [5.41, 5.74) is -0.344. The van der Waals surface area contributed by atoms with Crippen LogP contribution in [0.1, 0.15) is 52.4 Å². The fourth-order valence-corrected chi connectivity index (χ4v) is 2.39. The molecule has 0 aromatic rings. The van der Waals surface area contributed by atoms with Crippen LogP contribution in [-0.2, 0) is 9.53 Å². The van der Waals surface area contributed by atoms with Crippen LogP contribution in [0.15, 0.2) is 0 Å². The normalized spacial score (nSPS) is 25.6. The summed E-state index contributed by atoms with van der Waals surface area (Å²) >= 11 is 0. The minimum Gasteiger partial charge on any atom is -0.364 e. The van der Waals surface area contributed by atoms with Gasteiger partial charge in [0.2, 0.25) is 0 Å². The standard InChI is InChI=1S/C12H20O2/c1-9(2)11(13)12(7-8-12)14-10-5-3-4-6-10/h9-10H,3-8H2,1-2H3. The van der Waals surface area contributed by atoms with Gasteiger partial charge in [0.05, 0.1) is 6.10 Å². The van der Waals surface area contributed by atoms with E-state index in [1.807, 2.05) is 13.8 Å². The van der Waals surface area contributed by atoms with E-state index >= 15 is 0 Å². The van der Waals surface area contributed by atoms with Crippen molar-refractivity contribution in [1.82, 2.24) is 0 Å². The molecular weight excluding hydrogens is 176 g/mol. The first-order chi connectivity index (χ1) is 6.64. The van der Waals surface area contributed by atoms with Gasteiger partial charge in [0.15, 0.2) is 5.78 Å². The molecule has 0 aliphatic heterocycles. The van der Waals surface area contributed by atoms with Crippen molar-refractivity contribution in [2.24, 2.45) is 5.92 Å². The van der Waals surface area contributed by atoms with E-state index < -0.39 is 0 Å². The molecule has 0 aromatic carbocycles. The van der Waals surface area contributed by atoms with Crippen LogP contribution in [0.3, 0.4) is 0 Å². The van der Waals surface area contributed by atoms with E-state index in [1.54, 1.807) is 0 Å². The Morgan fingerprint density at radius 1 is 1.29 bits per heavy atom. The van der Waals surface area contributed by atoms with Gasteiger partial charge in [-0.3, -0.25) is 4.79 Å². The summed E-state index contributed by atoms with van der Waals surface area (Å²) in [6.45, 7) is 3.95. The van der Waals surface area contributed by atoms with Gasteiger partial charge < -0.3 is 4.74 Å². The van der Waals surface area contributed by atoms with Crippen LogP contribution >= 0.6 is 0 Å². The molecule has 14 heavy (non-hydrogen) atoms. The molecular formula is C12H20O2. The van der Waals surface area contributed by atoms with E-state index in [0.717, 1.165) is 25.7 Å². The third kappa shape index (κ3) is 1.85. The highest BCUT2D eigenvalue weighted by molar-refractivity contribution is 5.91. The lowest BCUT2D eigenvalue weighted by Crippen LogP contribution is -2.33. The van der Waals surface area contributed by atoms with Crippen LogP contribution in [-0.4, -0.2) is 17.5 Å². The second kappa shape index (κ2) is 3.65. The van der Waals surface area contributed by atoms with Crippen molar-refractivity contribution in [3.63, 3.8) is 0 Å². The number of carbonyl (C=O) groups excluding carboxylic acids is 1. The molecule has 0 heterocycles. The molecule has 2 heteroatoms. The molecule has 0 spiro atoms. The lowest BCUT2D eigenvalue weighted by Gasteiger charge is -2.21. The van der Waals surface area contributed by atoms with Gasteiger partial charge in [-0.15, -0.1) is 0 Å². The Labute approximate surface area is 86.0 Å². The van der Waals surface area contributed by atoms with E-state index in [2.05, 4.69) is 0 Å². The Bertz CT molecular complexity index is 222. The third-order valence-corrected chi connectivity index (χ3v) is 3.37. The first-order valence-electron chi connectivity index (χ1n) is 5.86. The molecule has 0 atom stereocenters. The minimum absolute atomic E-state index is 0.124. The van der Waals surface area contributed by atoms with Crippen LogP contribution in [0.25, 0.3) is 0 Å². The third-order valence-electron chi connectivity index (χ3n) is 3.37. The molecule has 0 aromatic heterocycles. The van der Waals surface area contributed by atoms with Crippen molar-refractivity contribution in [2.75, 3.05) is 0 Å². The lowest BCUT2D eigenvalue weighted by molar-refractivity contribution is -0.141. The van der Waals surface area contributed by atoms with Gasteiger partial charge in [-0.2, -0.15) is 0 Å². The largest absolute Gasteiger partial charge is 0.364 e. The predicted octanol–water partition coefficient (Wildman–Crippen LogP) is 2.70. The summed E-state index contributed by atoms with van der Waals surface area (Å²) in [7, 11) is 0. The highest BCUT2D eigenvalue weighted by Crippen LogP contribution is 2.45. The van der Waals surface area contributed by atoms with Gasteiger partial charge >= 0.3 is 0 Å². The Morgan fingerprint density at radius 2 is 1.86 bits per heavy atom. The fraction of sp³-hybridized carbons (Fsp3) is 0.917. The topological polar surface area (TPSA) is 26.3 Å². The van der Waals surface area contributed by atoms with E-state index in [1.165, 1.54) is 12.8 Å². The summed E-state index contributed by atoms with van der Waals surface area (Å²) < 4.78 is 5.98. The molecule has 2 saturated carbocycles. The molecule has 80 valence electrons. The Morgan fingerprint density at radius 3 is 2.29 bits per heavy atom. The summed E-state index contributed by atoms with van der Waals surface area (Å²) in [5.74, 6) is 0.448. The molecule has 0 N–H and O–H groups in total. The van der Waals surface area contributed by atoms with Crippen LogP contribution in [0.4, 0.5) is 0 Å². The van der Waals surface area contributed by atoms with Gasteiger partial charge in [-0.25, -0.2) is 0 Å². The van der Waals surface area contributed by atoms with Crippen LogP contribution < -0.4 is 0 Å². The average molecular weight is 196 g/mol. The van der Waals surface area contributed by atoms with Crippen LogP contribution in [0.2, 0.25) is 0 Å². The number of carbonyl (C=O) groups is 1. The molecule has 2 rings (SSSR count). The van der Waals surface area contributed by atoms with Crippen molar-refractivity contribution in [3.05, 3.63) is 0 Å². The molecule has 2 aliphatic rings. The Hall–Kier alpha value is -0.370. The van der Waals surface area contributed by atoms with Gasteiger partial charge in [0.25, 0.3) is 0 Å². The second-order valence-electron chi connectivity index (χ2n) is 5.04. The first-order valence-corrected chi connectivity index (χ1v) is 5.86. The van der Waals surface area contributed by atoms with Crippen molar-refractivity contribution in [3.8, 4) is 0 Å². The van der Waals surface area contributed by atoms with Crippen molar-refractivity contribution in [2.45, 2.75) is 64.1 Å². The van der Waals surface area contributed by atoms with Gasteiger partial charge in [0.1, 0.15) is 5.60 Å². The number of ether oxygens (including phenoxy) is 1. The van der Waals surface area contributed by atoms with Crippen molar-refractivity contribution in [1.29, 1.82) is 0 Å². The van der Waals surface area contributed by atoms with Gasteiger partial charge in [-0.05, 0) is 25.7 Å². The van der Waals surface area contributed by atoms with Crippen LogP contribution in [0, 0.1) is 5.92 Å². The number of hydrogen-bond acceptors (Lipinski definition) is 2. The van der Waals surface area contributed by atoms with Crippen molar-refractivity contribution >= 4 is 5.78 Å². The molecule has 0 amide bonds. The number of rotatable bonds is 4. The lowest BCUT2D eigenvalue weighted by atomic mass is 10.0. The maximum absolute atomic E-state index is 11.9. The monoisotopic (exact) mass is 196 g/mol. The smallest absolute Gasteiger partial charge is 0.167 e. The summed E-state index contributed by atoms with van der Waals surface area (Å²) in [5, 5.41) is 0. The highest BCUT2D eigenvalue weighted by Gasteiger charge is 2.52. The van der Waals surface area contributed by atoms with Crippen molar-refractivity contribution < 1.29 is 9.53 Å². The highest BCUT2D eigenvalue weighted by atomic mass is 16.5. The SMILES string of the molecule is CC(C)C(=O)C1(OC2CCCC2)CC1. The molecule has 2 fully saturated rings. The predicted molar refractivity (Wildman–Crippen MR) is 55.2 cm³/mol. The average Bonchev–Trinajstić information content (AvgIpc) is 2.73.